The number of hydrogen-bond donors (Lipinski definition) is 2. The monoisotopic (exact) mass is 395 g/mol. The average Bonchev–Trinajstić information content (AvgIpc) is 2.69. The molecule has 2 saturated heterocycles. The van der Waals surface area contributed by atoms with Gasteiger partial charge in [0.15, 0.2) is 0 Å². The SMILES string of the molecule is Cc1ccccc1NC(=O)N1[C@@H]2CCC[C@@H]1CC(NC(=O)c1ccc(F)cc1)C2. The number of rotatable bonds is 3. The molecular formula is C23H26FN3O2. The first kappa shape index (κ1) is 19.4. The van der Waals surface area contributed by atoms with Crippen LogP contribution in [0.25, 0.3) is 0 Å². The van der Waals surface area contributed by atoms with Gasteiger partial charge in [0.25, 0.3) is 5.91 Å². The number of carbonyl (C=O) groups is 2. The summed E-state index contributed by atoms with van der Waals surface area (Å²) in [6.07, 6.45) is 4.47. The number of nitrogens with one attached hydrogen (secondary N) is 2. The van der Waals surface area contributed by atoms with E-state index in [4.69, 9.17) is 0 Å². The minimum atomic E-state index is -0.357. The molecule has 2 aromatic carbocycles. The average molecular weight is 395 g/mol. The van der Waals surface area contributed by atoms with Gasteiger partial charge in [-0.2, -0.15) is 0 Å². The highest BCUT2D eigenvalue weighted by Gasteiger charge is 2.41. The van der Waals surface area contributed by atoms with Crippen LogP contribution in [-0.4, -0.2) is 35.0 Å². The minimum Gasteiger partial charge on any atom is -0.349 e. The summed E-state index contributed by atoms with van der Waals surface area (Å²) in [4.78, 5) is 27.5. The summed E-state index contributed by atoms with van der Waals surface area (Å²) in [5.74, 6) is -0.546. The van der Waals surface area contributed by atoms with Crippen LogP contribution in [0.4, 0.5) is 14.9 Å². The van der Waals surface area contributed by atoms with Crippen LogP contribution in [0.15, 0.2) is 48.5 Å². The second-order valence-corrected chi connectivity index (χ2v) is 8.04. The molecule has 2 aromatic rings. The number of carbonyl (C=O) groups excluding carboxylic acids is 2. The normalized spacial score (nSPS) is 23.4. The molecule has 4 rings (SSSR count). The summed E-state index contributed by atoms with van der Waals surface area (Å²) in [5.41, 5.74) is 2.33. The van der Waals surface area contributed by atoms with Crippen molar-refractivity contribution in [2.45, 2.75) is 57.2 Å². The summed E-state index contributed by atoms with van der Waals surface area (Å²) in [7, 11) is 0. The van der Waals surface area contributed by atoms with Gasteiger partial charge in [-0.3, -0.25) is 4.79 Å². The van der Waals surface area contributed by atoms with Crippen molar-refractivity contribution in [1.82, 2.24) is 10.2 Å². The van der Waals surface area contributed by atoms with Crippen LogP contribution in [0.2, 0.25) is 0 Å². The second kappa shape index (κ2) is 8.23. The molecule has 2 heterocycles. The van der Waals surface area contributed by atoms with Gasteiger partial charge in [-0.1, -0.05) is 18.2 Å². The first-order chi connectivity index (χ1) is 14.0. The molecule has 2 bridgehead atoms. The highest BCUT2D eigenvalue weighted by atomic mass is 19.1. The van der Waals surface area contributed by atoms with E-state index in [9.17, 15) is 14.0 Å². The van der Waals surface area contributed by atoms with Gasteiger partial charge >= 0.3 is 6.03 Å². The van der Waals surface area contributed by atoms with Crippen LogP contribution in [0, 0.1) is 12.7 Å². The second-order valence-electron chi connectivity index (χ2n) is 8.04. The number of fused-ring (bicyclic) bond motifs is 2. The molecule has 3 amide bonds. The zero-order valence-electron chi connectivity index (χ0n) is 16.5. The maximum absolute atomic E-state index is 13.1. The first-order valence-electron chi connectivity index (χ1n) is 10.2. The number of urea groups is 1. The van der Waals surface area contributed by atoms with E-state index in [1.165, 1.54) is 24.3 Å². The lowest BCUT2D eigenvalue weighted by Crippen LogP contribution is -2.59. The number of hydrogen-bond acceptors (Lipinski definition) is 2. The first-order valence-corrected chi connectivity index (χ1v) is 10.2. The van der Waals surface area contributed by atoms with Crippen molar-refractivity contribution in [3.8, 4) is 0 Å². The Morgan fingerprint density at radius 2 is 1.66 bits per heavy atom. The Hall–Kier alpha value is -2.89. The van der Waals surface area contributed by atoms with Gasteiger partial charge in [-0.15, -0.1) is 0 Å². The summed E-state index contributed by atoms with van der Waals surface area (Å²) >= 11 is 0. The van der Waals surface area contributed by atoms with Gasteiger partial charge in [-0.05, 0) is 74.9 Å². The number of halogens is 1. The molecule has 29 heavy (non-hydrogen) atoms. The molecule has 2 atom stereocenters. The zero-order valence-corrected chi connectivity index (χ0v) is 16.5. The van der Waals surface area contributed by atoms with E-state index in [1.54, 1.807) is 0 Å². The fraction of sp³-hybridized carbons (Fsp3) is 0.391. The molecule has 0 radical (unpaired) electrons. The van der Waals surface area contributed by atoms with E-state index < -0.39 is 0 Å². The molecule has 0 unspecified atom stereocenters. The summed E-state index contributed by atoms with van der Waals surface area (Å²) in [5, 5.41) is 6.14. The molecule has 0 saturated carbocycles. The molecule has 6 heteroatoms. The predicted octanol–water partition coefficient (Wildman–Crippen LogP) is 4.48. The molecule has 0 aromatic heterocycles. The number of benzene rings is 2. The van der Waals surface area contributed by atoms with E-state index in [2.05, 4.69) is 10.6 Å². The number of anilines is 1. The highest BCUT2D eigenvalue weighted by molar-refractivity contribution is 5.94. The lowest BCUT2D eigenvalue weighted by Gasteiger charge is -2.48. The van der Waals surface area contributed by atoms with Crippen molar-refractivity contribution in [2.75, 3.05) is 5.32 Å². The molecule has 152 valence electrons. The Labute approximate surface area is 170 Å². The summed E-state index contributed by atoms with van der Waals surface area (Å²) < 4.78 is 13.1. The van der Waals surface area contributed by atoms with Crippen molar-refractivity contribution < 1.29 is 14.0 Å². The third-order valence-corrected chi connectivity index (χ3v) is 6.04. The molecule has 0 aliphatic carbocycles. The Bertz CT molecular complexity index is 885. The standard InChI is InChI=1S/C23H26FN3O2/c1-15-5-2-3-8-21(15)26-23(29)27-19-6-4-7-20(27)14-18(13-19)25-22(28)16-9-11-17(24)12-10-16/h2-3,5,8-12,18-20H,4,6-7,13-14H2,1H3,(H,25,28)(H,26,29)/t19-,20-/m1/s1. The van der Waals surface area contributed by atoms with Crippen molar-refractivity contribution >= 4 is 17.6 Å². The van der Waals surface area contributed by atoms with E-state index in [1.807, 2.05) is 36.1 Å². The smallest absolute Gasteiger partial charge is 0.322 e. The van der Waals surface area contributed by atoms with Crippen LogP contribution < -0.4 is 10.6 Å². The van der Waals surface area contributed by atoms with Gasteiger partial charge in [0.1, 0.15) is 5.82 Å². The number of piperidine rings is 2. The van der Waals surface area contributed by atoms with Gasteiger partial charge < -0.3 is 15.5 Å². The lowest BCUT2D eigenvalue weighted by atomic mass is 9.82. The van der Waals surface area contributed by atoms with E-state index in [-0.39, 0.29) is 35.9 Å². The third-order valence-electron chi connectivity index (χ3n) is 6.04. The number of nitrogens with zero attached hydrogens (tertiary/aromatic N) is 1. The predicted molar refractivity (Wildman–Crippen MR) is 110 cm³/mol. The third kappa shape index (κ3) is 4.26. The summed E-state index contributed by atoms with van der Waals surface area (Å²) in [6.45, 7) is 1.98. The van der Waals surface area contributed by atoms with Gasteiger partial charge in [-0.25, -0.2) is 9.18 Å². The van der Waals surface area contributed by atoms with E-state index in [0.29, 0.717) is 5.56 Å². The highest BCUT2D eigenvalue weighted by Crippen LogP contribution is 2.35. The molecule has 0 spiro atoms. The molecular weight excluding hydrogens is 369 g/mol. The molecule has 2 N–H and O–H groups in total. The van der Waals surface area contributed by atoms with Crippen LogP contribution >= 0.6 is 0 Å². The molecule has 2 aliphatic heterocycles. The Morgan fingerprint density at radius 3 is 2.31 bits per heavy atom. The Kier molecular flexibility index (Phi) is 5.51. The van der Waals surface area contributed by atoms with Crippen molar-refractivity contribution in [2.24, 2.45) is 0 Å². The van der Waals surface area contributed by atoms with E-state index >= 15 is 0 Å². The fourth-order valence-corrected chi connectivity index (χ4v) is 4.59. The Morgan fingerprint density at radius 1 is 1.00 bits per heavy atom. The van der Waals surface area contributed by atoms with Gasteiger partial charge in [0.2, 0.25) is 0 Å². The van der Waals surface area contributed by atoms with Crippen molar-refractivity contribution in [3.05, 3.63) is 65.5 Å². The Balaban J connectivity index is 1.42. The lowest BCUT2D eigenvalue weighted by molar-refractivity contribution is 0.0577. The van der Waals surface area contributed by atoms with Crippen LogP contribution in [0.3, 0.4) is 0 Å². The van der Waals surface area contributed by atoms with Crippen molar-refractivity contribution in [3.63, 3.8) is 0 Å². The van der Waals surface area contributed by atoms with Crippen molar-refractivity contribution in [1.29, 1.82) is 0 Å². The molecule has 5 nitrogen and oxygen atoms in total. The summed E-state index contributed by atoms with van der Waals surface area (Å²) in [6, 6.07) is 13.5. The van der Waals surface area contributed by atoms with Gasteiger partial charge in [0.05, 0.1) is 0 Å². The number of amides is 3. The molecule has 2 aliphatic rings. The topological polar surface area (TPSA) is 61.4 Å². The maximum Gasteiger partial charge on any atom is 0.322 e. The fourth-order valence-electron chi connectivity index (χ4n) is 4.59. The molecule has 2 fully saturated rings. The van der Waals surface area contributed by atoms with Crippen LogP contribution in [0.1, 0.15) is 48.0 Å². The van der Waals surface area contributed by atoms with Gasteiger partial charge in [0, 0.05) is 29.4 Å². The largest absolute Gasteiger partial charge is 0.349 e. The minimum absolute atomic E-state index is 0.0189. The quantitative estimate of drug-likeness (QED) is 0.805. The van der Waals surface area contributed by atoms with Crippen LogP contribution in [0.5, 0.6) is 0 Å². The zero-order chi connectivity index (χ0) is 20.4. The van der Waals surface area contributed by atoms with E-state index in [0.717, 1.165) is 43.4 Å². The number of aryl methyl sites for hydroxylation is 1. The van der Waals surface area contributed by atoms with Crippen LogP contribution in [-0.2, 0) is 0 Å². The number of para-hydroxylation sites is 1. The maximum atomic E-state index is 13.1.